The molecular formula is C32H41N3O4S. The quantitative estimate of drug-likeness (QED) is 0.320. The Balaban J connectivity index is 2.09. The Morgan fingerprint density at radius 2 is 1.52 bits per heavy atom. The predicted molar refractivity (Wildman–Crippen MR) is 161 cm³/mol. The maximum atomic E-state index is 14.2. The van der Waals surface area contributed by atoms with Crippen molar-refractivity contribution in [2.75, 3.05) is 17.4 Å². The van der Waals surface area contributed by atoms with E-state index in [1.54, 1.807) is 24.3 Å². The molecule has 3 aromatic rings. The first-order valence-electron chi connectivity index (χ1n) is 13.7. The number of carbonyl (C=O) groups is 2. The van der Waals surface area contributed by atoms with E-state index >= 15 is 0 Å². The second kappa shape index (κ2) is 13.6. The highest BCUT2D eigenvalue weighted by atomic mass is 32.2. The van der Waals surface area contributed by atoms with Crippen LogP contribution in [0.2, 0.25) is 0 Å². The number of carbonyl (C=O) groups excluding carboxylic acids is 2. The third kappa shape index (κ3) is 7.50. The summed E-state index contributed by atoms with van der Waals surface area (Å²) in [6.45, 7) is 11.8. The van der Waals surface area contributed by atoms with E-state index in [4.69, 9.17) is 0 Å². The van der Waals surface area contributed by atoms with Gasteiger partial charge in [-0.25, -0.2) is 8.42 Å². The van der Waals surface area contributed by atoms with Gasteiger partial charge in [0.15, 0.2) is 0 Å². The third-order valence-electron chi connectivity index (χ3n) is 6.92. The minimum absolute atomic E-state index is 0.0934. The van der Waals surface area contributed by atoms with Crippen LogP contribution in [-0.2, 0) is 26.2 Å². The van der Waals surface area contributed by atoms with Crippen LogP contribution >= 0.6 is 0 Å². The number of amides is 2. The summed E-state index contributed by atoms with van der Waals surface area (Å²) in [5.41, 5.74) is 3.92. The molecule has 214 valence electrons. The molecule has 0 spiro atoms. The van der Waals surface area contributed by atoms with E-state index in [0.717, 1.165) is 22.3 Å². The zero-order valence-corrected chi connectivity index (χ0v) is 25.2. The molecule has 40 heavy (non-hydrogen) atoms. The van der Waals surface area contributed by atoms with Gasteiger partial charge >= 0.3 is 0 Å². The van der Waals surface area contributed by atoms with E-state index in [9.17, 15) is 18.0 Å². The second-order valence-corrected chi connectivity index (χ2v) is 12.5. The molecule has 0 saturated heterocycles. The SMILES string of the molecule is CCC(C(=O)NCC(C)C)N(Cc1ccccc1C)C(=O)CN(c1cc(C)ccc1C)S(=O)(=O)c1ccccc1. The minimum Gasteiger partial charge on any atom is -0.354 e. The first-order valence-corrected chi connectivity index (χ1v) is 15.2. The highest BCUT2D eigenvalue weighted by molar-refractivity contribution is 7.92. The molecule has 0 aromatic heterocycles. The molecule has 3 rings (SSSR count). The van der Waals surface area contributed by atoms with Crippen LogP contribution in [0.3, 0.4) is 0 Å². The van der Waals surface area contributed by atoms with E-state index in [-0.39, 0.29) is 23.3 Å². The first kappa shape index (κ1) is 30.9. The van der Waals surface area contributed by atoms with Crippen molar-refractivity contribution in [3.8, 4) is 0 Å². The summed E-state index contributed by atoms with van der Waals surface area (Å²) in [5, 5.41) is 2.96. The van der Waals surface area contributed by atoms with Gasteiger partial charge in [0, 0.05) is 13.1 Å². The summed E-state index contributed by atoms with van der Waals surface area (Å²) in [6, 6.07) is 20.6. The summed E-state index contributed by atoms with van der Waals surface area (Å²) >= 11 is 0. The zero-order chi connectivity index (χ0) is 29.4. The Hall–Kier alpha value is -3.65. The largest absolute Gasteiger partial charge is 0.354 e. The van der Waals surface area contributed by atoms with Crippen LogP contribution in [0.4, 0.5) is 5.69 Å². The monoisotopic (exact) mass is 563 g/mol. The van der Waals surface area contributed by atoms with Crippen molar-refractivity contribution < 1.29 is 18.0 Å². The lowest BCUT2D eigenvalue weighted by Gasteiger charge is -2.34. The highest BCUT2D eigenvalue weighted by Gasteiger charge is 2.34. The van der Waals surface area contributed by atoms with Crippen molar-refractivity contribution in [2.45, 2.75) is 65.4 Å². The van der Waals surface area contributed by atoms with Crippen LogP contribution in [-0.4, -0.2) is 44.3 Å². The maximum Gasteiger partial charge on any atom is 0.264 e. The molecular weight excluding hydrogens is 522 g/mol. The van der Waals surface area contributed by atoms with Gasteiger partial charge in [0.05, 0.1) is 10.6 Å². The predicted octanol–water partition coefficient (Wildman–Crippen LogP) is 5.39. The van der Waals surface area contributed by atoms with Gasteiger partial charge in [0.1, 0.15) is 12.6 Å². The van der Waals surface area contributed by atoms with Crippen LogP contribution in [0.15, 0.2) is 77.7 Å². The standard InChI is InChI=1S/C32H41N3O4S/c1-7-29(32(37)33-20-23(2)3)34(21-27-14-12-11-13-25(27)5)31(36)22-35(30-19-24(4)17-18-26(30)6)40(38,39)28-15-9-8-10-16-28/h8-19,23,29H,7,20-22H2,1-6H3,(H,33,37). The molecule has 0 aliphatic heterocycles. The molecule has 2 amide bonds. The van der Waals surface area contributed by atoms with E-state index in [0.29, 0.717) is 18.7 Å². The summed E-state index contributed by atoms with van der Waals surface area (Å²) < 4.78 is 29.2. The van der Waals surface area contributed by atoms with Crippen molar-refractivity contribution in [3.05, 3.63) is 95.1 Å². The van der Waals surface area contributed by atoms with Crippen LogP contribution in [0.5, 0.6) is 0 Å². The van der Waals surface area contributed by atoms with Crippen molar-refractivity contribution in [2.24, 2.45) is 5.92 Å². The van der Waals surface area contributed by atoms with Gasteiger partial charge in [-0.3, -0.25) is 13.9 Å². The number of anilines is 1. The van der Waals surface area contributed by atoms with Gasteiger partial charge in [-0.15, -0.1) is 0 Å². The Morgan fingerprint density at radius 3 is 2.15 bits per heavy atom. The van der Waals surface area contributed by atoms with E-state index in [1.165, 1.54) is 21.3 Å². The number of sulfonamides is 1. The molecule has 0 fully saturated rings. The van der Waals surface area contributed by atoms with Crippen molar-refractivity contribution >= 4 is 27.5 Å². The van der Waals surface area contributed by atoms with Crippen molar-refractivity contribution in [1.29, 1.82) is 0 Å². The van der Waals surface area contributed by atoms with Gasteiger partial charge < -0.3 is 10.2 Å². The van der Waals surface area contributed by atoms with E-state index in [2.05, 4.69) is 5.32 Å². The number of hydrogen-bond donors (Lipinski definition) is 1. The molecule has 0 heterocycles. The number of hydrogen-bond acceptors (Lipinski definition) is 4. The molecule has 1 unspecified atom stereocenters. The second-order valence-electron chi connectivity index (χ2n) is 10.6. The number of nitrogens with one attached hydrogen (secondary N) is 1. The fourth-order valence-corrected chi connectivity index (χ4v) is 6.03. The fourth-order valence-electron chi connectivity index (χ4n) is 4.53. The molecule has 0 radical (unpaired) electrons. The Labute approximate surface area is 239 Å². The van der Waals surface area contributed by atoms with E-state index in [1.807, 2.05) is 77.9 Å². The van der Waals surface area contributed by atoms with Gasteiger partial charge in [-0.2, -0.15) is 0 Å². The lowest BCUT2D eigenvalue weighted by Crippen LogP contribution is -2.52. The lowest BCUT2D eigenvalue weighted by molar-refractivity contribution is -0.140. The summed E-state index contributed by atoms with van der Waals surface area (Å²) in [5.74, 6) is -0.449. The first-order chi connectivity index (χ1) is 18.9. The van der Waals surface area contributed by atoms with E-state index < -0.39 is 28.5 Å². The van der Waals surface area contributed by atoms with Crippen molar-refractivity contribution in [3.63, 3.8) is 0 Å². The Morgan fingerprint density at radius 1 is 0.875 bits per heavy atom. The normalized spacial score (nSPS) is 12.2. The third-order valence-corrected chi connectivity index (χ3v) is 8.69. The number of rotatable bonds is 12. The van der Waals surface area contributed by atoms with Crippen molar-refractivity contribution in [1.82, 2.24) is 10.2 Å². The van der Waals surface area contributed by atoms with Gasteiger partial charge in [-0.05, 0) is 73.6 Å². The molecule has 1 N–H and O–H groups in total. The van der Waals surface area contributed by atoms with Gasteiger partial charge in [-0.1, -0.05) is 75.4 Å². The number of nitrogens with zero attached hydrogens (tertiary/aromatic N) is 2. The highest BCUT2D eigenvalue weighted by Crippen LogP contribution is 2.28. The maximum absolute atomic E-state index is 14.2. The Kier molecular flexibility index (Phi) is 10.5. The van der Waals surface area contributed by atoms with Crippen LogP contribution < -0.4 is 9.62 Å². The molecule has 0 aliphatic rings. The summed E-state index contributed by atoms with van der Waals surface area (Å²) in [6.07, 6.45) is 0.385. The molecule has 7 nitrogen and oxygen atoms in total. The smallest absolute Gasteiger partial charge is 0.264 e. The zero-order valence-electron chi connectivity index (χ0n) is 24.3. The van der Waals surface area contributed by atoms with Crippen LogP contribution in [0, 0.1) is 26.7 Å². The molecule has 0 aliphatic carbocycles. The average molecular weight is 564 g/mol. The number of aryl methyl sites for hydroxylation is 3. The average Bonchev–Trinajstić information content (AvgIpc) is 2.93. The Bertz CT molecular complexity index is 1420. The molecule has 8 heteroatoms. The van der Waals surface area contributed by atoms with Gasteiger partial charge in [0.25, 0.3) is 10.0 Å². The summed E-state index contributed by atoms with van der Waals surface area (Å²) in [4.78, 5) is 29.2. The fraction of sp³-hybridized carbons (Fsp3) is 0.375. The minimum atomic E-state index is -4.09. The molecule has 0 bridgehead atoms. The lowest BCUT2D eigenvalue weighted by atomic mass is 10.1. The topological polar surface area (TPSA) is 86.8 Å². The van der Waals surface area contributed by atoms with Crippen LogP contribution in [0.1, 0.15) is 49.4 Å². The van der Waals surface area contributed by atoms with Crippen LogP contribution in [0.25, 0.3) is 0 Å². The molecule has 0 saturated carbocycles. The molecule has 3 aromatic carbocycles. The molecule has 1 atom stereocenters. The van der Waals surface area contributed by atoms with Gasteiger partial charge in [0.2, 0.25) is 11.8 Å². The summed E-state index contributed by atoms with van der Waals surface area (Å²) in [7, 11) is -4.09. The number of benzene rings is 3.